The summed E-state index contributed by atoms with van der Waals surface area (Å²) in [4.78, 5) is 26.0. The predicted molar refractivity (Wildman–Crippen MR) is 241 cm³/mol. The highest BCUT2D eigenvalue weighted by molar-refractivity contribution is 5.77. The van der Waals surface area contributed by atoms with Gasteiger partial charge in [-0.2, -0.15) is 0 Å². The minimum atomic E-state index is -0.786. The fourth-order valence-electron chi connectivity index (χ4n) is 7.54. The van der Waals surface area contributed by atoms with Gasteiger partial charge < -0.3 is 20.3 Å². The lowest BCUT2D eigenvalue weighted by Crippen LogP contribution is -2.46. The van der Waals surface area contributed by atoms with Crippen LogP contribution >= 0.6 is 0 Å². The molecular weight excluding hydrogens is 695 g/mol. The Bertz CT molecular complexity index is 889. The van der Waals surface area contributed by atoms with Crippen molar-refractivity contribution in [2.45, 2.75) is 277 Å². The van der Waals surface area contributed by atoms with Gasteiger partial charge in [0.25, 0.3) is 0 Å². The number of nitrogens with one attached hydrogen (secondary N) is 1. The average Bonchev–Trinajstić information content (AvgIpc) is 3.19. The monoisotopic (exact) mass is 790 g/mol. The van der Waals surface area contributed by atoms with Gasteiger partial charge in [0.15, 0.2) is 0 Å². The molecule has 0 bridgehead atoms. The van der Waals surface area contributed by atoms with E-state index in [-0.39, 0.29) is 24.9 Å². The quantitative estimate of drug-likeness (QED) is 0.0324. The van der Waals surface area contributed by atoms with E-state index >= 15 is 0 Å². The number of aliphatic hydroxyl groups is 2. The van der Waals surface area contributed by atoms with E-state index in [1.165, 1.54) is 154 Å². The van der Waals surface area contributed by atoms with Gasteiger partial charge in [0.05, 0.1) is 25.2 Å². The molecule has 6 nitrogen and oxygen atoms in total. The summed E-state index contributed by atoms with van der Waals surface area (Å²) in [5, 5.41) is 23.7. The number of rotatable bonds is 44. The van der Waals surface area contributed by atoms with E-state index in [1.54, 1.807) is 0 Å². The molecule has 56 heavy (non-hydrogen) atoms. The number of aliphatic hydroxyl groups excluding tert-OH is 2. The van der Waals surface area contributed by atoms with Gasteiger partial charge in [0.2, 0.25) is 5.91 Å². The Kier molecular flexibility index (Phi) is 43.1. The number of hydrogen-bond donors (Lipinski definition) is 3. The van der Waals surface area contributed by atoms with Gasteiger partial charge in [0.1, 0.15) is 6.10 Å². The Morgan fingerprint density at radius 1 is 0.518 bits per heavy atom. The molecule has 0 aromatic heterocycles. The maximum absolute atomic E-state index is 13.1. The van der Waals surface area contributed by atoms with E-state index in [0.29, 0.717) is 19.3 Å². The number of esters is 1. The fraction of sp³-hybridized carbons (Fsp3) is 0.880. The lowest BCUT2D eigenvalue weighted by molar-refractivity contribution is -0.151. The van der Waals surface area contributed by atoms with Gasteiger partial charge >= 0.3 is 5.97 Å². The first-order valence-electron chi connectivity index (χ1n) is 24.6. The Balaban J connectivity index is 4.51. The van der Waals surface area contributed by atoms with Crippen molar-refractivity contribution in [1.29, 1.82) is 0 Å². The highest BCUT2D eigenvalue weighted by Crippen LogP contribution is 2.18. The highest BCUT2D eigenvalue weighted by Gasteiger charge is 2.24. The molecule has 1 amide bonds. The molecule has 0 saturated heterocycles. The van der Waals surface area contributed by atoms with E-state index in [4.69, 9.17) is 4.74 Å². The summed E-state index contributed by atoms with van der Waals surface area (Å²) in [6.45, 7) is 6.46. The Labute approximate surface area is 348 Å². The molecule has 330 valence electrons. The van der Waals surface area contributed by atoms with E-state index < -0.39 is 18.2 Å². The molecule has 3 unspecified atom stereocenters. The zero-order valence-electron chi connectivity index (χ0n) is 37.5. The Morgan fingerprint density at radius 3 is 1.32 bits per heavy atom. The van der Waals surface area contributed by atoms with Crippen molar-refractivity contribution in [3.63, 3.8) is 0 Å². The van der Waals surface area contributed by atoms with Gasteiger partial charge in [-0.1, -0.05) is 218 Å². The van der Waals surface area contributed by atoms with Crippen molar-refractivity contribution in [1.82, 2.24) is 5.32 Å². The van der Waals surface area contributed by atoms with Crippen molar-refractivity contribution in [3.8, 4) is 0 Å². The van der Waals surface area contributed by atoms with Gasteiger partial charge in [-0.05, 0) is 51.4 Å². The van der Waals surface area contributed by atoms with Crippen LogP contribution in [0.25, 0.3) is 0 Å². The van der Waals surface area contributed by atoms with E-state index in [1.807, 2.05) is 0 Å². The van der Waals surface area contributed by atoms with Gasteiger partial charge in [0, 0.05) is 6.42 Å². The molecule has 0 rings (SSSR count). The van der Waals surface area contributed by atoms with Crippen LogP contribution in [0.5, 0.6) is 0 Å². The minimum absolute atomic E-state index is 0.0713. The average molecular weight is 790 g/mol. The molecule has 0 fully saturated rings. The molecule has 6 heteroatoms. The normalized spacial score (nSPS) is 13.4. The molecule has 0 aromatic rings. The first-order chi connectivity index (χ1) is 27.5. The number of hydrogen-bond acceptors (Lipinski definition) is 5. The number of carbonyl (C=O) groups is 2. The van der Waals surface area contributed by atoms with Crippen LogP contribution in [0.1, 0.15) is 258 Å². The van der Waals surface area contributed by atoms with E-state index in [2.05, 4.69) is 50.4 Å². The smallest absolute Gasteiger partial charge is 0.306 e. The van der Waals surface area contributed by atoms with Gasteiger partial charge in [-0.3, -0.25) is 9.59 Å². The maximum atomic E-state index is 13.1. The van der Waals surface area contributed by atoms with Crippen LogP contribution in [-0.2, 0) is 14.3 Å². The second-order valence-corrected chi connectivity index (χ2v) is 16.9. The third kappa shape index (κ3) is 39.2. The Hall–Kier alpha value is -1.66. The van der Waals surface area contributed by atoms with Crippen LogP contribution in [0.2, 0.25) is 0 Å². The second kappa shape index (κ2) is 44.4. The summed E-state index contributed by atoms with van der Waals surface area (Å²) in [5.41, 5.74) is 0. The lowest BCUT2D eigenvalue weighted by Gasteiger charge is -2.24. The molecule has 0 aliphatic heterocycles. The summed E-state index contributed by atoms with van der Waals surface area (Å²) in [6.07, 6.45) is 49.5. The van der Waals surface area contributed by atoms with Crippen LogP contribution in [0.3, 0.4) is 0 Å². The molecule has 0 aliphatic rings. The zero-order valence-corrected chi connectivity index (χ0v) is 37.5. The molecule has 0 aromatic carbocycles. The standard InChI is InChI=1S/C50H95NO5/c1-4-7-10-13-16-19-21-23-24-25-26-28-31-34-37-40-43-50(55)56-46(41-38-35-32-29-18-15-12-9-6-3)44-49(54)51-47(45-52)48(53)42-39-36-33-30-27-22-20-17-14-11-8-5-2/h24-26,28,46-48,52-53H,4-23,27,29-45H2,1-3H3,(H,51,54)/b25-24+,28-26+. The first-order valence-corrected chi connectivity index (χ1v) is 24.6. The van der Waals surface area contributed by atoms with E-state index in [9.17, 15) is 19.8 Å². The van der Waals surface area contributed by atoms with Crippen LogP contribution in [0.4, 0.5) is 0 Å². The van der Waals surface area contributed by atoms with Crippen molar-refractivity contribution in [2.75, 3.05) is 6.61 Å². The topological polar surface area (TPSA) is 95.9 Å². The number of carbonyl (C=O) groups excluding carboxylic acids is 2. The fourth-order valence-corrected chi connectivity index (χ4v) is 7.54. The van der Waals surface area contributed by atoms with Gasteiger partial charge in [-0.15, -0.1) is 0 Å². The third-order valence-electron chi connectivity index (χ3n) is 11.3. The number of ether oxygens (including phenoxy) is 1. The second-order valence-electron chi connectivity index (χ2n) is 16.9. The largest absolute Gasteiger partial charge is 0.462 e. The lowest BCUT2D eigenvalue weighted by atomic mass is 10.0. The zero-order chi connectivity index (χ0) is 41.0. The molecule has 0 heterocycles. The first kappa shape index (κ1) is 54.3. The predicted octanol–water partition coefficient (Wildman–Crippen LogP) is 14.3. The van der Waals surface area contributed by atoms with Crippen molar-refractivity contribution in [3.05, 3.63) is 24.3 Å². The molecule has 3 atom stereocenters. The number of amides is 1. The molecule has 0 radical (unpaired) electrons. The molecule has 0 aliphatic carbocycles. The molecule has 0 saturated carbocycles. The summed E-state index contributed by atoms with van der Waals surface area (Å²) in [6, 6.07) is -0.700. The molecule has 0 spiro atoms. The van der Waals surface area contributed by atoms with Crippen LogP contribution < -0.4 is 5.32 Å². The molecular formula is C50H95NO5. The Morgan fingerprint density at radius 2 is 0.893 bits per heavy atom. The summed E-state index contributed by atoms with van der Waals surface area (Å²) < 4.78 is 5.89. The molecule has 3 N–H and O–H groups in total. The summed E-state index contributed by atoms with van der Waals surface area (Å²) in [5.74, 6) is -0.497. The maximum Gasteiger partial charge on any atom is 0.306 e. The van der Waals surface area contributed by atoms with Crippen LogP contribution in [0.15, 0.2) is 24.3 Å². The van der Waals surface area contributed by atoms with Crippen LogP contribution in [-0.4, -0.2) is 46.9 Å². The van der Waals surface area contributed by atoms with Crippen molar-refractivity contribution < 1.29 is 24.5 Å². The third-order valence-corrected chi connectivity index (χ3v) is 11.3. The van der Waals surface area contributed by atoms with Crippen molar-refractivity contribution >= 4 is 11.9 Å². The minimum Gasteiger partial charge on any atom is -0.462 e. The summed E-state index contributed by atoms with van der Waals surface area (Å²) in [7, 11) is 0. The SMILES string of the molecule is CCCCCCCCC/C=C/C=C/CCCCCC(=O)OC(CCCCCCCCCCC)CC(=O)NC(CO)C(O)CCCCCCCCCCCCCC. The van der Waals surface area contributed by atoms with E-state index in [0.717, 1.165) is 57.8 Å². The summed E-state index contributed by atoms with van der Waals surface area (Å²) >= 11 is 0. The van der Waals surface area contributed by atoms with Crippen molar-refractivity contribution in [2.24, 2.45) is 0 Å². The highest BCUT2D eigenvalue weighted by atomic mass is 16.5. The number of allylic oxidation sites excluding steroid dienone is 4. The van der Waals surface area contributed by atoms with Crippen LogP contribution in [0, 0.1) is 0 Å². The van der Waals surface area contributed by atoms with Gasteiger partial charge in [-0.25, -0.2) is 0 Å². The number of unbranched alkanes of at least 4 members (excludes halogenated alkanes) is 29.